The smallest absolute Gasteiger partial charge is 0.130 e. The summed E-state index contributed by atoms with van der Waals surface area (Å²) in [4.78, 5) is 13.6. The lowest BCUT2D eigenvalue weighted by atomic mass is 10.0. The average Bonchev–Trinajstić information content (AvgIpc) is 2.73. The van der Waals surface area contributed by atoms with Crippen LogP contribution in [0.4, 0.5) is 5.82 Å². The minimum Gasteiger partial charge on any atom is -0.366 e. The first kappa shape index (κ1) is 17.9. The number of nitrogens with one attached hydrogen (secondary N) is 1. The van der Waals surface area contributed by atoms with E-state index in [0.717, 1.165) is 40.6 Å². The molecule has 0 saturated heterocycles. The van der Waals surface area contributed by atoms with E-state index in [-0.39, 0.29) is 0 Å². The van der Waals surface area contributed by atoms with Crippen LogP contribution in [0.2, 0.25) is 0 Å². The van der Waals surface area contributed by atoms with Crippen LogP contribution < -0.4 is 5.32 Å². The molecule has 0 fully saturated rings. The number of hydrogen-bond acceptors (Lipinski definition) is 4. The predicted molar refractivity (Wildman–Crippen MR) is 114 cm³/mol. The summed E-state index contributed by atoms with van der Waals surface area (Å²) in [6.07, 6.45) is 3.73. The molecule has 2 aromatic carbocycles. The van der Waals surface area contributed by atoms with Crippen LogP contribution in [0.25, 0.3) is 22.4 Å². The van der Waals surface area contributed by atoms with E-state index in [4.69, 9.17) is 0 Å². The van der Waals surface area contributed by atoms with E-state index < -0.39 is 0 Å². The third-order valence-electron chi connectivity index (χ3n) is 4.57. The molecule has 1 N–H and O–H groups in total. The Hall–Kier alpha value is -3.53. The fourth-order valence-corrected chi connectivity index (χ4v) is 3.08. The molecule has 4 rings (SSSR count). The van der Waals surface area contributed by atoms with Gasteiger partial charge in [0.15, 0.2) is 0 Å². The van der Waals surface area contributed by atoms with Gasteiger partial charge in [0, 0.05) is 36.1 Å². The minimum atomic E-state index is 0.721. The summed E-state index contributed by atoms with van der Waals surface area (Å²) >= 11 is 0. The van der Waals surface area contributed by atoms with Gasteiger partial charge < -0.3 is 5.32 Å². The second-order valence-corrected chi connectivity index (χ2v) is 6.85. The molecule has 0 saturated carbocycles. The van der Waals surface area contributed by atoms with E-state index in [0.29, 0.717) is 0 Å². The Morgan fingerprint density at radius 3 is 2.29 bits per heavy atom. The van der Waals surface area contributed by atoms with Gasteiger partial charge in [0.2, 0.25) is 0 Å². The van der Waals surface area contributed by atoms with E-state index in [9.17, 15) is 0 Å². The van der Waals surface area contributed by atoms with E-state index in [1.165, 1.54) is 11.1 Å². The van der Waals surface area contributed by atoms with E-state index in [2.05, 4.69) is 69.7 Å². The number of rotatable bonds is 5. The fourth-order valence-electron chi connectivity index (χ4n) is 3.08. The monoisotopic (exact) mass is 366 g/mol. The first-order valence-corrected chi connectivity index (χ1v) is 9.33. The van der Waals surface area contributed by atoms with Crippen molar-refractivity contribution in [3.63, 3.8) is 0 Å². The standard InChI is InChI=1S/C24H22N4/c1-17-8-10-20(11-9-17)21-12-22(16-25-15-21)23-13-24(28-18(2)27-23)26-14-19-6-4-3-5-7-19/h3-13,15-16H,14H2,1-2H3,(H,26,27,28). The SMILES string of the molecule is Cc1ccc(-c2cncc(-c3cc(NCc4ccccc4)nc(C)n3)c2)cc1. The molecule has 2 aromatic heterocycles. The Labute approximate surface area is 165 Å². The number of hydrogen-bond donors (Lipinski definition) is 1. The highest BCUT2D eigenvalue weighted by Gasteiger charge is 2.07. The number of benzene rings is 2. The lowest BCUT2D eigenvalue weighted by Crippen LogP contribution is -2.04. The van der Waals surface area contributed by atoms with E-state index >= 15 is 0 Å². The highest BCUT2D eigenvalue weighted by Crippen LogP contribution is 2.25. The molecule has 4 heteroatoms. The van der Waals surface area contributed by atoms with Gasteiger partial charge in [-0.15, -0.1) is 0 Å². The van der Waals surface area contributed by atoms with Crippen LogP contribution in [0.5, 0.6) is 0 Å². The van der Waals surface area contributed by atoms with Crippen molar-refractivity contribution in [1.82, 2.24) is 15.0 Å². The molecule has 0 aliphatic carbocycles. The Balaban J connectivity index is 1.61. The van der Waals surface area contributed by atoms with Crippen LogP contribution in [0.15, 0.2) is 79.1 Å². The minimum absolute atomic E-state index is 0.721. The molecule has 0 aliphatic heterocycles. The van der Waals surface area contributed by atoms with E-state index in [1.54, 1.807) is 0 Å². The number of anilines is 1. The van der Waals surface area contributed by atoms with Crippen molar-refractivity contribution in [3.05, 3.63) is 96.1 Å². The van der Waals surface area contributed by atoms with Crippen molar-refractivity contribution in [1.29, 1.82) is 0 Å². The molecule has 2 heterocycles. The Bertz CT molecular complexity index is 1070. The zero-order valence-corrected chi connectivity index (χ0v) is 16.1. The van der Waals surface area contributed by atoms with Crippen molar-refractivity contribution in [2.45, 2.75) is 20.4 Å². The molecule has 138 valence electrons. The van der Waals surface area contributed by atoms with Gasteiger partial charge in [0.25, 0.3) is 0 Å². The molecule has 0 aliphatic rings. The van der Waals surface area contributed by atoms with Gasteiger partial charge in [0.1, 0.15) is 11.6 Å². The van der Waals surface area contributed by atoms with Crippen LogP contribution in [0.1, 0.15) is 17.0 Å². The van der Waals surface area contributed by atoms with Crippen LogP contribution in [-0.2, 0) is 6.54 Å². The third-order valence-corrected chi connectivity index (χ3v) is 4.57. The summed E-state index contributed by atoms with van der Waals surface area (Å²) in [5.74, 6) is 1.54. The third kappa shape index (κ3) is 4.23. The molecule has 0 unspecified atom stereocenters. The molecular formula is C24H22N4. The Morgan fingerprint density at radius 1 is 0.750 bits per heavy atom. The summed E-state index contributed by atoms with van der Waals surface area (Å²) in [5, 5.41) is 3.39. The molecule has 28 heavy (non-hydrogen) atoms. The van der Waals surface area contributed by atoms with Crippen LogP contribution >= 0.6 is 0 Å². The maximum atomic E-state index is 4.62. The number of nitrogens with zero attached hydrogens (tertiary/aromatic N) is 3. The topological polar surface area (TPSA) is 50.7 Å². The van der Waals surface area contributed by atoms with Crippen LogP contribution in [-0.4, -0.2) is 15.0 Å². The van der Waals surface area contributed by atoms with Gasteiger partial charge >= 0.3 is 0 Å². The maximum absolute atomic E-state index is 4.62. The molecular weight excluding hydrogens is 344 g/mol. The summed E-state index contributed by atoms with van der Waals surface area (Å²) in [7, 11) is 0. The van der Waals surface area contributed by atoms with Gasteiger partial charge in [0.05, 0.1) is 5.69 Å². The second kappa shape index (κ2) is 8.01. The normalized spacial score (nSPS) is 10.6. The highest BCUT2D eigenvalue weighted by molar-refractivity contribution is 5.71. The fraction of sp³-hybridized carbons (Fsp3) is 0.125. The summed E-state index contributed by atoms with van der Waals surface area (Å²) in [6, 6.07) is 22.9. The Morgan fingerprint density at radius 2 is 1.50 bits per heavy atom. The number of aryl methyl sites for hydroxylation is 2. The van der Waals surface area contributed by atoms with E-state index in [1.807, 2.05) is 43.6 Å². The largest absolute Gasteiger partial charge is 0.366 e. The van der Waals surface area contributed by atoms with Gasteiger partial charge in [-0.3, -0.25) is 4.98 Å². The van der Waals surface area contributed by atoms with Gasteiger partial charge in [-0.25, -0.2) is 9.97 Å². The zero-order valence-electron chi connectivity index (χ0n) is 16.1. The van der Waals surface area contributed by atoms with Gasteiger partial charge in [-0.05, 0) is 31.0 Å². The van der Waals surface area contributed by atoms with Crippen LogP contribution in [0.3, 0.4) is 0 Å². The molecule has 0 atom stereocenters. The molecule has 0 spiro atoms. The van der Waals surface area contributed by atoms with Crippen molar-refractivity contribution in [2.75, 3.05) is 5.32 Å². The van der Waals surface area contributed by atoms with Crippen molar-refractivity contribution >= 4 is 5.82 Å². The van der Waals surface area contributed by atoms with Crippen molar-refractivity contribution in [2.24, 2.45) is 0 Å². The van der Waals surface area contributed by atoms with Crippen LogP contribution in [0, 0.1) is 13.8 Å². The average molecular weight is 366 g/mol. The maximum Gasteiger partial charge on any atom is 0.130 e. The molecule has 4 aromatic rings. The summed E-state index contributed by atoms with van der Waals surface area (Å²) in [6.45, 7) is 4.72. The Kier molecular flexibility index (Phi) is 5.11. The molecule has 0 amide bonds. The summed E-state index contributed by atoms with van der Waals surface area (Å²) < 4.78 is 0. The predicted octanol–water partition coefficient (Wildman–Crippen LogP) is 5.43. The second-order valence-electron chi connectivity index (χ2n) is 6.85. The first-order valence-electron chi connectivity index (χ1n) is 9.33. The quantitative estimate of drug-likeness (QED) is 0.511. The lowest BCUT2D eigenvalue weighted by molar-refractivity contribution is 1.03. The highest BCUT2D eigenvalue weighted by atomic mass is 15.0. The zero-order chi connectivity index (χ0) is 19.3. The van der Waals surface area contributed by atoms with Crippen molar-refractivity contribution in [3.8, 4) is 22.4 Å². The molecule has 0 bridgehead atoms. The number of pyridine rings is 1. The number of aromatic nitrogens is 3. The van der Waals surface area contributed by atoms with Gasteiger partial charge in [-0.2, -0.15) is 0 Å². The lowest BCUT2D eigenvalue weighted by Gasteiger charge is -2.10. The summed E-state index contributed by atoms with van der Waals surface area (Å²) in [5.41, 5.74) is 6.52. The molecule has 0 radical (unpaired) electrons. The molecule has 4 nitrogen and oxygen atoms in total. The first-order chi connectivity index (χ1) is 13.7. The van der Waals surface area contributed by atoms with Crippen molar-refractivity contribution < 1.29 is 0 Å². The van der Waals surface area contributed by atoms with Gasteiger partial charge in [-0.1, -0.05) is 60.2 Å².